The van der Waals surface area contributed by atoms with Crippen LogP contribution < -0.4 is 10.9 Å². The molecule has 4 rings (SSSR count). The number of allylic oxidation sites excluding steroid dienone is 1. The number of rotatable bonds is 6. The fraction of sp³-hybridized carbons (Fsp3) is 0.364. The second-order valence-corrected chi connectivity index (χ2v) is 7.41. The Balaban J connectivity index is 1.58. The van der Waals surface area contributed by atoms with Crippen molar-refractivity contribution in [3.05, 3.63) is 58.7 Å². The highest BCUT2D eigenvalue weighted by molar-refractivity contribution is 5.81. The number of imidazole rings is 1. The minimum Gasteiger partial charge on any atom is -0.354 e. The molecule has 0 fully saturated rings. The van der Waals surface area contributed by atoms with E-state index in [2.05, 4.69) is 21.4 Å². The Labute approximate surface area is 169 Å². The number of benzene rings is 1. The van der Waals surface area contributed by atoms with Gasteiger partial charge in [0.1, 0.15) is 6.54 Å². The van der Waals surface area contributed by atoms with Crippen molar-refractivity contribution in [3.8, 4) is 11.5 Å². The Morgan fingerprint density at radius 3 is 2.86 bits per heavy atom. The van der Waals surface area contributed by atoms with Crippen molar-refractivity contribution in [2.75, 3.05) is 6.54 Å². The van der Waals surface area contributed by atoms with Gasteiger partial charge in [-0.25, -0.2) is 9.97 Å². The molecule has 1 aliphatic carbocycles. The number of fused-ring (bicyclic) bond motifs is 1. The van der Waals surface area contributed by atoms with Gasteiger partial charge in [0.2, 0.25) is 5.91 Å². The van der Waals surface area contributed by atoms with Crippen molar-refractivity contribution in [1.82, 2.24) is 24.4 Å². The zero-order valence-electron chi connectivity index (χ0n) is 16.6. The van der Waals surface area contributed by atoms with E-state index in [0.29, 0.717) is 23.4 Å². The number of hydrogen-bond acceptors (Lipinski definition) is 4. The van der Waals surface area contributed by atoms with Crippen molar-refractivity contribution in [2.45, 2.75) is 38.6 Å². The van der Waals surface area contributed by atoms with Gasteiger partial charge >= 0.3 is 0 Å². The number of nitrogens with one attached hydrogen (secondary N) is 1. The van der Waals surface area contributed by atoms with Gasteiger partial charge in [-0.2, -0.15) is 0 Å². The number of aryl methyl sites for hydroxylation is 1. The highest BCUT2D eigenvalue weighted by Crippen LogP contribution is 2.19. The summed E-state index contributed by atoms with van der Waals surface area (Å²) >= 11 is 0. The van der Waals surface area contributed by atoms with E-state index in [9.17, 15) is 9.59 Å². The molecular formula is C22H25N5O2. The van der Waals surface area contributed by atoms with Crippen LogP contribution in [-0.2, 0) is 18.4 Å². The summed E-state index contributed by atoms with van der Waals surface area (Å²) in [6, 6.07) is 7.36. The molecule has 2 heterocycles. The summed E-state index contributed by atoms with van der Waals surface area (Å²) in [4.78, 5) is 34.5. The van der Waals surface area contributed by atoms with Gasteiger partial charge in [0.25, 0.3) is 5.56 Å². The summed E-state index contributed by atoms with van der Waals surface area (Å²) in [6.45, 7) is 0.549. The zero-order chi connectivity index (χ0) is 20.2. The lowest BCUT2D eigenvalue weighted by molar-refractivity contribution is -0.121. The summed E-state index contributed by atoms with van der Waals surface area (Å²) in [7, 11) is 1.82. The third kappa shape index (κ3) is 4.13. The molecule has 150 valence electrons. The number of carbonyl (C=O) groups excluding carboxylic acids is 1. The highest BCUT2D eigenvalue weighted by atomic mass is 16.2. The van der Waals surface area contributed by atoms with Crippen molar-refractivity contribution in [1.29, 1.82) is 0 Å². The lowest BCUT2D eigenvalue weighted by atomic mass is 9.97. The first-order valence-corrected chi connectivity index (χ1v) is 10.1. The summed E-state index contributed by atoms with van der Waals surface area (Å²) in [5.41, 5.74) is 2.64. The van der Waals surface area contributed by atoms with Gasteiger partial charge in [0.05, 0.1) is 11.0 Å². The van der Waals surface area contributed by atoms with Gasteiger partial charge in [0.15, 0.2) is 11.5 Å². The maximum atomic E-state index is 13.1. The molecule has 1 N–H and O–H groups in total. The van der Waals surface area contributed by atoms with Gasteiger partial charge in [-0.1, -0.05) is 23.8 Å². The molecule has 1 aromatic carbocycles. The van der Waals surface area contributed by atoms with E-state index in [1.807, 2.05) is 31.3 Å². The monoisotopic (exact) mass is 391 g/mol. The predicted molar refractivity (Wildman–Crippen MR) is 112 cm³/mol. The van der Waals surface area contributed by atoms with E-state index in [4.69, 9.17) is 0 Å². The molecule has 7 heteroatoms. The third-order valence-corrected chi connectivity index (χ3v) is 5.34. The molecule has 0 spiro atoms. The molecule has 0 bridgehead atoms. The predicted octanol–water partition coefficient (Wildman–Crippen LogP) is 2.80. The van der Waals surface area contributed by atoms with Gasteiger partial charge in [-0.15, -0.1) is 0 Å². The molecule has 2 aromatic heterocycles. The van der Waals surface area contributed by atoms with E-state index < -0.39 is 0 Å². The summed E-state index contributed by atoms with van der Waals surface area (Å²) < 4.78 is 3.24. The molecule has 1 aliphatic rings. The SMILES string of the molecule is Cn1ccnc1-c1nc2ccccc2n(CC(=O)NCCC2=CCCCC2)c1=O. The minimum atomic E-state index is -0.317. The minimum absolute atomic E-state index is 0.0433. The van der Waals surface area contributed by atoms with Crippen molar-refractivity contribution in [3.63, 3.8) is 0 Å². The van der Waals surface area contributed by atoms with Gasteiger partial charge in [-0.05, 0) is 44.2 Å². The number of hydrogen-bond donors (Lipinski definition) is 1. The van der Waals surface area contributed by atoms with Crippen molar-refractivity contribution < 1.29 is 4.79 Å². The lowest BCUT2D eigenvalue weighted by Gasteiger charge is -2.14. The third-order valence-electron chi connectivity index (χ3n) is 5.34. The molecule has 0 saturated carbocycles. The summed E-state index contributed by atoms with van der Waals surface area (Å²) in [6.07, 6.45) is 11.3. The molecule has 0 aliphatic heterocycles. The van der Waals surface area contributed by atoms with E-state index >= 15 is 0 Å². The average Bonchev–Trinajstić information content (AvgIpc) is 3.16. The summed E-state index contributed by atoms with van der Waals surface area (Å²) in [5, 5.41) is 2.96. The fourth-order valence-corrected chi connectivity index (χ4v) is 3.78. The number of carbonyl (C=O) groups is 1. The number of para-hydroxylation sites is 2. The largest absolute Gasteiger partial charge is 0.354 e. The Bertz CT molecular complexity index is 1130. The summed E-state index contributed by atoms with van der Waals surface area (Å²) in [5.74, 6) is 0.310. The molecule has 0 atom stereocenters. The van der Waals surface area contributed by atoms with E-state index in [0.717, 1.165) is 19.3 Å². The molecule has 0 unspecified atom stereocenters. The molecule has 3 aromatic rings. The normalized spacial score (nSPS) is 14.0. The van der Waals surface area contributed by atoms with E-state index in [1.54, 1.807) is 17.0 Å². The van der Waals surface area contributed by atoms with Crippen molar-refractivity contribution >= 4 is 16.9 Å². The fourth-order valence-electron chi connectivity index (χ4n) is 3.78. The second-order valence-electron chi connectivity index (χ2n) is 7.41. The Kier molecular flexibility index (Phi) is 5.55. The van der Waals surface area contributed by atoms with Crippen LogP contribution >= 0.6 is 0 Å². The quantitative estimate of drug-likeness (QED) is 0.655. The van der Waals surface area contributed by atoms with Crippen molar-refractivity contribution in [2.24, 2.45) is 7.05 Å². The van der Waals surface area contributed by atoms with Crippen LogP contribution in [0, 0.1) is 0 Å². The molecule has 0 radical (unpaired) electrons. The number of amides is 1. The Morgan fingerprint density at radius 2 is 2.10 bits per heavy atom. The first-order valence-electron chi connectivity index (χ1n) is 10.1. The molecular weight excluding hydrogens is 366 g/mol. The first kappa shape index (κ1) is 19.1. The Morgan fingerprint density at radius 1 is 1.24 bits per heavy atom. The van der Waals surface area contributed by atoms with Gasteiger partial charge in [0, 0.05) is 26.0 Å². The maximum absolute atomic E-state index is 13.1. The molecule has 7 nitrogen and oxygen atoms in total. The topological polar surface area (TPSA) is 81.8 Å². The lowest BCUT2D eigenvalue weighted by Crippen LogP contribution is -2.34. The van der Waals surface area contributed by atoms with Crippen LogP contribution in [0.3, 0.4) is 0 Å². The van der Waals surface area contributed by atoms with Gasteiger partial charge in [-0.3, -0.25) is 14.2 Å². The van der Waals surface area contributed by atoms with Crippen LogP contribution in [0.15, 0.2) is 53.1 Å². The molecule has 1 amide bonds. The van der Waals surface area contributed by atoms with Crippen LogP contribution in [0.5, 0.6) is 0 Å². The van der Waals surface area contributed by atoms with E-state index in [1.165, 1.54) is 23.0 Å². The molecule has 29 heavy (non-hydrogen) atoms. The maximum Gasteiger partial charge on any atom is 0.281 e. The first-order chi connectivity index (χ1) is 14.1. The van der Waals surface area contributed by atoms with E-state index in [-0.39, 0.29) is 23.7 Å². The van der Waals surface area contributed by atoms with Crippen LogP contribution in [0.4, 0.5) is 0 Å². The van der Waals surface area contributed by atoms with Crippen LogP contribution in [0.2, 0.25) is 0 Å². The molecule has 0 saturated heterocycles. The van der Waals surface area contributed by atoms with Crippen LogP contribution in [-0.4, -0.2) is 31.6 Å². The van der Waals surface area contributed by atoms with Crippen LogP contribution in [0.1, 0.15) is 32.1 Å². The average molecular weight is 391 g/mol. The second kappa shape index (κ2) is 8.43. The van der Waals surface area contributed by atoms with Gasteiger partial charge < -0.3 is 9.88 Å². The van der Waals surface area contributed by atoms with Crippen LogP contribution in [0.25, 0.3) is 22.6 Å². The highest BCUT2D eigenvalue weighted by Gasteiger charge is 2.17. The Hall–Kier alpha value is -3.22. The number of nitrogens with zero attached hydrogens (tertiary/aromatic N) is 4. The smallest absolute Gasteiger partial charge is 0.281 e. The zero-order valence-corrected chi connectivity index (χ0v) is 16.6. The standard InChI is InChI=1S/C22H25N5O2/c1-26-14-13-24-21(26)20-22(29)27(18-10-6-5-9-17(18)25-20)15-19(28)23-12-11-16-7-3-2-4-8-16/h5-7,9-10,13-14H,2-4,8,11-12,15H2,1H3,(H,23,28). The number of aromatic nitrogens is 4.